The fourth-order valence-electron chi connectivity index (χ4n) is 3.69. The van der Waals surface area contributed by atoms with Gasteiger partial charge in [0.1, 0.15) is 0 Å². The Labute approximate surface area is 115 Å². The Hall–Kier alpha value is -0.900. The van der Waals surface area contributed by atoms with Gasteiger partial charge in [0.2, 0.25) is 11.8 Å². The minimum absolute atomic E-state index is 0.0315. The molecule has 1 aliphatic carbocycles. The van der Waals surface area contributed by atoms with Crippen molar-refractivity contribution in [1.29, 1.82) is 0 Å². The number of carbonyl (C=O) groups is 2. The molecule has 1 heterocycles. The van der Waals surface area contributed by atoms with E-state index < -0.39 is 0 Å². The fraction of sp³-hybridized carbons (Fsp3) is 0.867. The van der Waals surface area contributed by atoms with Crippen LogP contribution in [0.3, 0.4) is 0 Å². The van der Waals surface area contributed by atoms with Crippen LogP contribution in [0.4, 0.5) is 0 Å². The van der Waals surface area contributed by atoms with E-state index in [1.54, 1.807) is 0 Å². The molecule has 4 heteroatoms. The van der Waals surface area contributed by atoms with Gasteiger partial charge in [0.25, 0.3) is 0 Å². The molecule has 0 aromatic rings. The van der Waals surface area contributed by atoms with Crippen LogP contribution in [0.15, 0.2) is 0 Å². The van der Waals surface area contributed by atoms with Crippen LogP contribution in [-0.4, -0.2) is 34.8 Å². The van der Waals surface area contributed by atoms with E-state index in [-0.39, 0.29) is 23.9 Å². The molecule has 0 spiro atoms. The van der Waals surface area contributed by atoms with Gasteiger partial charge in [-0.05, 0) is 44.9 Å². The Balaban J connectivity index is 1.97. The molecule has 0 bridgehead atoms. The van der Waals surface area contributed by atoms with Crippen molar-refractivity contribution in [1.82, 2.24) is 10.2 Å². The first-order valence-corrected chi connectivity index (χ1v) is 7.50. The van der Waals surface area contributed by atoms with E-state index in [1.807, 2.05) is 13.8 Å². The molecule has 2 aliphatic rings. The van der Waals surface area contributed by atoms with Gasteiger partial charge in [-0.15, -0.1) is 0 Å². The highest BCUT2D eigenvalue weighted by Crippen LogP contribution is 2.29. The highest BCUT2D eigenvalue weighted by atomic mass is 16.2. The average molecular weight is 266 g/mol. The molecular formula is C15H26N2O2. The molecule has 0 radical (unpaired) electrons. The monoisotopic (exact) mass is 266 g/mol. The molecule has 0 aromatic carbocycles. The molecule has 4 nitrogen and oxygen atoms in total. The fourth-order valence-corrected chi connectivity index (χ4v) is 3.69. The first kappa shape index (κ1) is 14.5. The van der Waals surface area contributed by atoms with Crippen molar-refractivity contribution in [2.24, 2.45) is 11.8 Å². The van der Waals surface area contributed by atoms with E-state index in [2.05, 4.69) is 19.2 Å². The lowest BCUT2D eigenvalue weighted by atomic mass is 9.80. The molecule has 2 fully saturated rings. The molecule has 1 aliphatic heterocycles. The number of amides is 2. The first-order valence-electron chi connectivity index (χ1n) is 7.50. The normalized spacial score (nSPS) is 36.4. The summed E-state index contributed by atoms with van der Waals surface area (Å²) in [7, 11) is 0. The Bertz CT molecular complexity index is 357. The smallest absolute Gasteiger partial charge is 0.247 e. The van der Waals surface area contributed by atoms with Gasteiger partial charge < -0.3 is 5.32 Å². The SMILES string of the molecule is CC1CC(C)CC(NC2CC(=O)N(C(C)C)C2=O)C1. The molecule has 0 aromatic heterocycles. The topological polar surface area (TPSA) is 49.4 Å². The Morgan fingerprint density at radius 3 is 2.16 bits per heavy atom. The van der Waals surface area contributed by atoms with Gasteiger partial charge in [-0.3, -0.25) is 14.5 Å². The minimum atomic E-state index is -0.294. The lowest BCUT2D eigenvalue weighted by Crippen LogP contribution is -2.47. The molecule has 1 N–H and O–H groups in total. The van der Waals surface area contributed by atoms with E-state index in [0.717, 1.165) is 12.8 Å². The molecular weight excluding hydrogens is 240 g/mol. The third-order valence-electron chi connectivity index (χ3n) is 4.31. The van der Waals surface area contributed by atoms with E-state index in [4.69, 9.17) is 0 Å². The molecule has 2 amide bonds. The number of hydrogen-bond donors (Lipinski definition) is 1. The largest absolute Gasteiger partial charge is 0.303 e. The molecule has 1 saturated carbocycles. The van der Waals surface area contributed by atoms with Crippen LogP contribution in [-0.2, 0) is 9.59 Å². The summed E-state index contributed by atoms with van der Waals surface area (Å²) >= 11 is 0. The maximum Gasteiger partial charge on any atom is 0.247 e. The summed E-state index contributed by atoms with van der Waals surface area (Å²) in [6, 6.07) is 0.0565. The van der Waals surface area contributed by atoms with Crippen molar-refractivity contribution in [3.05, 3.63) is 0 Å². The van der Waals surface area contributed by atoms with Crippen LogP contribution >= 0.6 is 0 Å². The van der Waals surface area contributed by atoms with Crippen molar-refractivity contribution in [3.63, 3.8) is 0 Å². The summed E-state index contributed by atoms with van der Waals surface area (Å²) in [5, 5.41) is 3.43. The molecule has 1 saturated heterocycles. The standard InChI is InChI=1S/C15H26N2O2/c1-9(2)17-14(18)8-13(15(17)19)16-12-6-10(3)5-11(4)7-12/h9-13,16H,5-8H2,1-4H3. The van der Waals surface area contributed by atoms with Gasteiger partial charge in [-0.2, -0.15) is 0 Å². The second-order valence-electron chi connectivity index (χ2n) is 6.73. The summed E-state index contributed by atoms with van der Waals surface area (Å²) in [4.78, 5) is 25.5. The first-order chi connectivity index (χ1) is 8.88. The van der Waals surface area contributed by atoms with Crippen LogP contribution < -0.4 is 5.32 Å². The maximum atomic E-state index is 12.2. The molecule has 19 heavy (non-hydrogen) atoms. The third-order valence-corrected chi connectivity index (χ3v) is 4.31. The third kappa shape index (κ3) is 3.16. The van der Waals surface area contributed by atoms with Crippen molar-refractivity contribution in [2.45, 2.75) is 71.5 Å². The zero-order chi connectivity index (χ0) is 14.2. The van der Waals surface area contributed by atoms with Crippen LogP contribution in [0.5, 0.6) is 0 Å². The zero-order valence-electron chi connectivity index (χ0n) is 12.5. The Morgan fingerprint density at radius 2 is 1.68 bits per heavy atom. The van der Waals surface area contributed by atoms with Crippen LogP contribution in [0.1, 0.15) is 53.4 Å². The highest BCUT2D eigenvalue weighted by Gasteiger charge is 2.41. The van der Waals surface area contributed by atoms with Crippen molar-refractivity contribution >= 4 is 11.8 Å². The Kier molecular flexibility index (Phi) is 4.29. The minimum Gasteiger partial charge on any atom is -0.303 e. The van der Waals surface area contributed by atoms with Gasteiger partial charge in [-0.25, -0.2) is 0 Å². The number of rotatable bonds is 3. The molecule has 108 valence electrons. The van der Waals surface area contributed by atoms with E-state index in [1.165, 1.54) is 11.3 Å². The quantitative estimate of drug-likeness (QED) is 0.794. The maximum absolute atomic E-state index is 12.2. The van der Waals surface area contributed by atoms with E-state index in [9.17, 15) is 9.59 Å². The number of carbonyl (C=O) groups excluding carboxylic acids is 2. The van der Waals surface area contributed by atoms with Crippen LogP contribution in [0.2, 0.25) is 0 Å². The molecule has 2 rings (SSSR count). The molecule has 3 atom stereocenters. The number of hydrogen-bond acceptors (Lipinski definition) is 3. The summed E-state index contributed by atoms with van der Waals surface area (Å²) in [6.07, 6.45) is 3.83. The number of nitrogens with one attached hydrogen (secondary N) is 1. The van der Waals surface area contributed by atoms with E-state index >= 15 is 0 Å². The summed E-state index contributed by atoms with van der Waals surface area (Å²) in [5.74, 6) is 1.34. The van der Waals surface area contributed by atoms with Crippen molar-refractivity contribution < 1.29 is 9.59 Å². The lowest BCUT2D eigenvalue weighted by molar-refractivity contribution is -0.140. The second-order valence-corrected chi connectivity index (χ2v) is 6.73. The molecule has 3 unspecified atom stereocenters. The summed E-state index contributed by atoms with van der Waals surface area (Å²) in [5.41, 5.74) is 0. The predicted octanol–water partition coefficient (Wildman–Crippen LogP) is 1.94. The van der Waals surface area contributed by atoms with Gasteiger partial charge >= 0.3 is 0 Å². The Morgan fingerprint density at radius 1 is 1.11 bits per heavy atom. The second kappa shape index (κ2) is 5.61. The number of nitrogens with zero attached hydrogens (tertiary/aromatic N) is 1. The predicted molar refractivity (Wildman–Crippen MR) is 74.5 cm³/mol. The van der Waals surface area contributed by atoms with Crippen LogP contribution in [0.25, 0.3) is 0 Å². The van der Waals surface area contributed by atoms with Gasteiger partial charge in [-0.1, -0.05) is 13.8 Å². The number of imide groups is 1. The average Bonchev–Trinajstić information content (AvgIpc) is 2.52. The van der Waals surface area contributed by atoms with Gasteiger partial charge in [0.15, 0.2) is 0 Å². The van der Waals surface area contributed by atoms with E-state index in [0.29, 0.717) is 24.3 Å². The lowest BCUT2D eigenvalue weighted by Gasteiger charge is -2.33. The van der Waals surface area contributed by atoms with Crippen molar-refractivity contribution in [2.75, 3.05) is 0 Å². The van der Waals surface area contributed by atoms with Gasteiger partial charge in [0.05, 0.1) is 12.5 Å². The van der Waals surface area contributed by atoms with Gasteiger partial charge in [0, 0.05) is 12.1 Å². The highest BCUT2D eigenvalue weighted by molar-refractivity contribution is 6.05. The van der Waals surface area contributed by atoms with Crippen molar-refractivity contribution in [3.8, 4) is 0 Å². The summed E-state index contributed by atoms with van der Waals surface area (Å²) < 4.78 is 0. The summed E-state index contributed by atoms with van der Waals surface area (Å²) in [6.45, 7) is 8.32. The van der Waals surface area contributed by atoms with Crippen LogP contribution in [0, 0.1) is 11.8 Å². The number of likely N-dealkylation sites (tertiary alicyclic amines) is 1. The zero-order valence-corrected chi connectivity index (χ0v) is 12.5.